The zero-order chi connectivity index (χ0) is 82.6. The van der Waals surface area contributed by atoms with Gasteiger partial charge in [0.2, 0.25) is 0 Å². The minimum atomic E-state index is -0.860. The number of thiazole rings is 3. The summed E-state index contributed by atoms with van der Waals surface area (Å²) in [6, 6.07) is 10.6. The summed E-state index contributed by atoms with van der Waals surface area (Å²) in [6.45, 7) is 17.9. The second kappa shape index (κ2) is 43.0. The Morgan fingerprint density at radius 2 is 1.04 bits per heavy atom. The van der Waals surface area contributed by atoms with Gasteiger partial charge >= 0.3 is 35.8 Å². The van der Waals surface area contributed by atoms with Crippen molar-refractivity contribution in [3.05, 3.63) is 187 Å². The third-order valence-corrected chi connectivity index (χ3v) is 24.3. The Hall–Kier alpha value is -7.83. The Morgan fingerprint density at radius 1 is 0.583 bits per heavy atom. The van der Waals surface area contributed by atoms with Gasteiger partial charge in [-0.2, -0.15) is 11.8 Å². The number of esters is 3. The van der Waals surface area contributed by atoms with Crippen molar-refractivity contribution in [3.8, 4) is 0 Å². The van der Waals surface area contributed by atoms with Gasteiger partial charge in [0, 0.05) is 164 Å². The molecular weight excluding hydrogens is 1650 g/mol. The quantitative estimate of drug-likeness (QED) is 0.0180. The number of carbonyl (C=O) groups excluding carboxylic acids is 3. The van der Waals surface area contributed by atoms with E-state index in [9.17, 15) is 47.8 Å². The van der Waals surface area contributed by atoms with Gasteiger partial charge in [-0.05, 0) is 95.2 Å². The van der Waals surface area contributed by atoms with Crippen molar-refractivity contribution in [2.24, 2.45) is 32.7 Å². The van der Waals surface area contributed by atoms with Crippen LogP contribution < -0.4 is 16.0 Å². The van der Waals surface area contributed by atoms with Crippen LogP contribution in [0.25, 0.3) is 0 Å². The number of carboxylic acids is 3. The highest BCUT2D eigenvalue weighted by Gasteiger charge is 2.42. The monoisotopic (exact) mass is 1740 g/mol. The van der Waals surface area contributed by atoms with Crippen LogP contribution in [0.1, 0.15) is 137 Å². The van der Waals surface area contributed by atoms with Gasteiger partial charge in [0.15, 0.2) is 32.5 Å². The molecule has 6 aliphatic rings. The van der Waals surface area contributed by atoms with Crippen LogP contribution in [0.3, 0.4) is 0 Å². The van der Waals surface area contributed by atoms with Crippen LogP contribution in [0, 0.1) is 29.4 Å². The van der Waals surface area contributed by atoms with Crippen molar-refractivity contribution in [1.82, 2.24) is 45.6 Å². The van der Waals surface area contributed by atoms with Gasteiger partial charge in [-0.1, -0.05) is 92.3 Å². The van der Waals surface area contributed by atoms with Crippen LogP contribution in [0.4, 0.5) is 8.78 Å². The molecule has 3 aromatic heterocycles. The average Bonchev–Trinajstić information content (AvgIpc) is 1.52. The van der Waals surface area contributed by atoms with Crippen molar-refractivity contribution < 1.29 is 76.6 Å². The largest absolute Gasteiger partial charge is 0.481 e. The van der Waals surface area contributed by atoms with Gasteiger partial charge in [0.05, 0.1) is 73.8 Å². The van der Waals surface area contributed by atoms with Crippen molar-refractivity contribution in [1.29, 1.82) is 0 Å². The molecule has 36 heteroatoms. The number of halogens is 6. The molecule has 3 fully saturated rings. The third kappa shape index (κ3) is 24.0. The summed E-state index contributed by atoms with van der Waals surface area (Å²) < 4.78 is 56.2. The normalized spacial score (nSPS) is 21.3. The van der Waals surface area contributed by atoms with Crippen molar-refractivity contribution in [2.75, 3.05) is 90.4 Å². The highest BCUT2D eigenvalue weighted by Crippen LogP contribution is 2.42. The summed E-state index contributed by atoms with van der Waals surface area (Å²) in [5.74, 6) is -2.59. The molecule has 2 unspecified atom stereocenters. The first-order valence-electron chi connectivity index (χ1n) is 37.7. The summed E-state index contributed by atoms with van der Waals surface area (Å²) in [5.41, 5.74) is 4.32. The summed E-state index contributed by atoms with van der Waals surface area (Å²) in [5, 5.41) is 46.6. The Morgan fingerprint density at radius 3 is 1.48 bits per heavy atom. The maximum Gasteiger partial charge on any atom is 0.338 e. The lowest BCUT2D eigenvalue weighted by molar-refractivity contribution is -0.142. The lowest BCUT2D eigenvalue weighted by atomic mass is 9.91. The first kappa shape index (κ1) is 89.5. The number of morpholine rings is 2. The predicted octanol–water partition coefficient (Wildman–Crippen LogP) is 13.8. The number of hydrogen-bond donors (Lipinski definition) is 6. The fourth-order valence-corrected chi connectivity index (χ4v) is 18.0. The van der Waals surface area contributed by atoms with E-state index in [1.807, 2.05) is 16.1 Å². The number of hydrogen-bond acceptors (Lipinski definition) is 27. The van der Waals surface area contributed by atoms with Crippen LogP contribution in [0.15, 0.2) is 138 Å². The fourth-order valence-electron chi connectivity index (χ4n) is 14.1. The van der Waals surface area contributed by atoms with Crippen LogP contribution >= 0.6 is 92.2 Å². The molecule has 0 bridgehead atoms. The standard InChI is InChI=1S/C27H32Cl2N4O5S.C27H32ClFN4O5S.C25H28ClFN4O4S2/c1-4-37-27(36)22-19(14-33-10-11-38-24(15(2)3)20(33)7-8-21(34)35)31-25(26-30-9-12-39-26)32-23(22)17-6-5-16(28)13-18(17)29;1-3-37-27(36)22-21(15-33-10-11-38-18(14-33)6-4-5-16(2)26(34)35)31-24(25-30-9-12-39-25)32-23(22)19-8-7-17(29)13-20(19)28;1-3-35-25(34)20-19(12-31-7-9-36-13-16(31)10-14(2)24(32)33)29-22(23-28-6-8-37-23)30-21(20)17-5-4-15(27)11-18(17)26/h5-6,9,12-13,15,20,23-24H,4,7-8,10-11,14H2,1-3H3,(H,31,32)(H,34,35);7-9,12-13,16,18,23H,3-6,10-11,14-15H2,1-2H3,(H,31,32)(H,34,35);4-6,8,11,14,16,21H,3,7,9-10,12-13H2,1-2H3,(H,29,30)(H,32,33)/t20-,23+,24-;16?,18-,23+;14?,16-,21+/m111/s1. The number of rotatable bonds is 30. The molecule has 6 N–H and O–H groups in total. The van der Waals surface area contributed by atoms with Crippen LogP contribution in [-0.2, 0) is 52.5 Å². The Bertz CT molecular complexity index is 4600. The molecule has 3 saturated heterocycles. The van der Waals surface area contributed by atoms with E-state index in [0.29, 0.717) is 165 Å². The zero-order valence-corrected chi connectivity index (χ0v) is 70.6. The van der Waals surface area contributed by atoms with E-state index in [1.165, 1.54) is 70.4 Å². The molecular formula is C79H92Cl4F2N12O14S4. The molecule has 0 saturated carbocycles. The molecule has 618 valence electrons. The number of ether oxygens (including phenoxy) is 5. The van der Waals surface area contributed by atoms with Crippen LogP contribution in [0.2, 0.25) is 20.1 Å². The van der Waals surface area contributed by atoms with Crippen molar-refractivity contribution in [2.45, 2.75) is 129 Å². The second-order valence-corrected chi connectivity index (χ2v) is 33.5. The predicted molar refractivity (Wildman–Crippen MR) is 442 cm³/mol. The number of amidine groups is 3. The molecule has 0 aliphatic carbocycles. The van der Waals surface area contributed by atoms with E-state index in [1.54, 1.807) is 83.2 Å². The van der Waals surface area contributed by atoms with E-state index in [-0.39, 0.29) is 66.5 Å². The van der Waals surface area contributed by atoms with Crippen LogP contribution in [0.5, 0.6) is 0 Å². The molecule has 3 aromatic carbocycles. The Labute approximate surface area is 701 Å². The molecule has 115 heavy (non-hydrogen) atoms. The maximum atomic E-state index is 13.9. The van der Waals surface area contributed by atoms with Gasteiger partial charge in [0.1, 0.15) is 29.8 Å². The highest BCUT2D eigenvalue weighted by molar-refractivity contribution is 7.99. The van der Waals surface area contributed by atoms with Gasteiger partial charge in [-0.3, -0.25) is 44.1 Å². The average molecular weight is 1740 g/mol. The number of nitrogens with one attached hydrogen (secondary N) is 3. The van der Waals surface area contributed by atoms with Gasteiger partial charge in [-0.25, -0.2) is 38.1 Å². The summed E-state index contributed by atoms with van der Waals surface area (Å²) in [6.07, 6.45) is 7.82. The number of aliphatic imine (C=N–C) groups is 3. The molecule has 0 radical (unpaired) electrons. The number of carboxylic acid groups (broad SMARTS) is 3. The second-order valence-electron chi connectivity index (χ2n) is 28.0. The fraction of sp³-hybridized carbons (Fsp3) is 0.468. The molecule has 6 aromatic rings. The lowest BCUT2D eigenvalue weighted by Gasteiger charge is -2.44. The number of nitrogens with zero attached hydrogens (tertiary/aromatic N) is 9. The number of carbonyl (C=O) groups is 6. The maximum absolute atomic E-state index is 13.9. The molecule has 6 aliphatic heterocycles. The molecule has 0 spiro atoms. The molecule has 0 amide bonds. The molecule has 9 atom stereocenters. The van der Waals surface area contributed by atoms with Crippen molar-refractivity contribution >= 4 is 145 Å². The summed E-state index contributed by atoms with van der Waals surface area (Å²) in [4.78, 5) is 109. The summed E-state index contributed by atoms with van der Waals surface area (Å²) >= 11 is 31.7. The smallest absolute Gasteiger partial charge is 0.338 e. The van der Waals surface area contributed by atoms with E-state index in [2.05, 4.69) is 59.4 Å². The van der Waals surface area contributed by atoms with E-state index < -0.39 is 77.4 Å². The number of benzene rings is 3. The number of aliphatic carboxylic acids is 3. The Balaban J connectivity index is 0.000000182. The summed E-state index contributed by atoms with van der Waals surface area (Å²) in [7, 11) is 0. The van der Waals surface area contributed by atoms with Gasteiger partial charge < -0.3 is 55.0 Å². The third-order valence-electron chi connectivity index (χ3n) is 19.7. The van der Waals surface area contributed by atoms with E-state index >= 15 is 0 Å². The topological polar surface area (TPSA) is 331 Å². The minimum absolute atomic E-state index is 0.0117. The Kier molecular flexibility index (Phi) is 33.5. The molecule has 12 rings (SSSR count). The molecule has 26 nitrogen and oxygen atoms in total. The first-order chi connectivity index (χ1) is 55.2. The first-order valence-corrected chi connectivity index (χ1v) is 43.0. The number of thioether (sulfide) groups is 1. The SMILES string of the molecule is CCOC(=O)C1=C(CN2CCO[C@H](C(C)C)[C@H]2CCC(=O)O)NC(c2nccs2)=N[C@H]1c1ccc(Cl)cc1Cl.CCOC(=O)C1=C(CN2CCO[C@H](CCCC(C)C(=O)O)C2)NC(c2nccs2)=N[C@H]1c1ccc(F)cc1Cl.CCOC(=O)C1=C(CN2CCSC[C@H]2CC(C)C(=O)O)NC(c2nccs2)=N[C@H]1c1ccc(F)cc1Cl. The number of aromatic nitrogens is 3. The molecule has 9 heterocycles. The van der Waals surface area contributed by atoms with E-state index in [4.69, 9.17) is 90.2 Å². The lowest BCUT2D eigenvalue weighted by Crippen LogP contribution is -2.55. The van der Waals surface area contributed by atoms with Gasteiger partial charge in [0.25, 0.3) is 0 Å². The van der Waals surface area contributed by atoms with Crippen LogP contribution in [-0.4, -0.2) is 213 Å². The highest BCUT2D eigenvalue weighted by atomic mass is 35.5. The van der Waals surface area contributed by atoms with Gasteiger partial charge in [-0.15, -0.1) is 34.0 Å². The zero-order valence-electron chi connectivity index (χ0n) is 64.3. The van der Waals surface area contributed by atoms with E-state index in [0.717, 1.165) is 30.9 Å². The van der Waals surface area contributed by atoms with Crippen molar-refractivity contribution in [3.63, 3.8) is 0 Å². The minimum Gasteiger partial charge on any atom is -0.481 e.